The van der Waals surface area contributed by atoms with Gasteiger partial charge in [0.2, 0.25) is 0 Å². The fourth-order valence-electron chi connectivity index (χ4n) is 4.61. The van der Waals surface area contributed by atoms with Crippen molar-refractivity contribution in [1.82, 2.24) is 24.7 Å². The molecule has 31 heavy (non-hydrogen) atoms. The van der Waals surface area contributed by atoms with E-state index in [1.807, 2.05) is 18.5 Å². The second-order valence-electron chi connectivity index (χ2n) is 8.64. The van der Waals surface area contributed by atoms with E-state index in [0.29, 0.717) is 37.2 Å². The summed E-state index contributed by atoms with van der Waals surface area (Å²) in [6, 6.07) is 2.30. The highest BCUT2D eigenvalue weighted by Crippen LogP contribution is 2.26. The van der Waals surface area contributed by atoms with Crippen molar-refractivity contribution in [2.45, 2.75) is 39.3 Å². The Morgan fingerprint density at radius 2 is 2.16 bits per heavy atom. The lowest BCUT2D eigenvalue weighted by Crippen LogP contribution is -2.58. The minimum Gasteiger partial charge on any atom is -0.484 e. The first-order valence-corrected chi connectivity index (χ1v) is 11.1. The Morgan fingerprint density at radius 1 is 1.42 bits per heavy atom. The quantitative estimate of drug-likeness (QED) is 0.490. The Kier molecular flexibility index (Phi) is 7.68. The molecule has 0 saturated carbocycles. The van der Waals surface area contributed by atoms with Crippen LogP contribution in [0.5, 0.6) is 0 Å². The minimum absolute atomic E-state index is 0.0245. The van der Waals surface area contributed by atoms with Crippen molar-refractivity contribution in [3.8, 4) is 6.07 Å². The van der Waals surface area contributed by atoms with E-state index in [0.717, 1.165) is 44.0 Å². The number of nitriles is 1. The molecular formula is C22H35N7O2. The molecule has 1 N–H and O–H groups in total. The molecule has 1 amide bonds. The normalized spacial score (nSPS) is 19.8. The summed E-state index contributed by atoms with van der Waals surface area (Å²) in [6.07, 6.45) is 1.47. The molecule has 2 aliphatic heterocycles. The first-order valence-electron chi connectivity index (χ1n) is 11.1. The van der Waals surface area contributed by atoms with E-state index < -0.39 is 0 Å². The first-order chi connectivity index (χ1) is 14.9. The molecule has 0 radical (unpaired) electrons. The molecule has 0 aromatic carbocycles. The number of amides is 1. The number of ether oxygens (including phenoxy) is 1. The Labute approximate surface area is 185 Å². The van der Waals surface area contributed by atoms with E-state index in [4.69, 9.17) is 10.00 Å². The highest BCUT2D eigenvalue weighted by atomic mass is 16.5. The van der Waals surface area contributed by atoms with Gasteiger partial charge in [-0.05, 0) is 19.9 Å². The van der Waals surface area contributed by atoms with Gasteiger partial charge in [0, 0.05) is 76.8 Å². The third-order valence-corrected chi connectivity index (χ3v) is 6.45. The lowest BCUT2D eigenvalue weighted by Gasteiger charge is -2.45. The molecule has 9 nitrogen and oxygen atoms in total. The molecule has 0 aliphatic carbocycles. The molecule has 1 saturated heterocycles. The van der Waals surface area contributed by atoms with Crippen molar-refractivity contribution in [2.24, 2.45) is 23.9 Å². The Balaban J connectivity index is 1.71. The molecule has 1 aromatic rings. The average molecular weight is 430 g/mol. The first kappa shape index (κ1) is 23.2. The number of carbonyl (C=O) groups excluding carboxylic acids is 1. The zero-order chi connectivity index (χ0) is 22.5. The van der Waals surface area contributed by atoms with Crippen LogP contribution in [0, 0.1) is 23.2 Å². The summed E-state index contributed by atoms with van der Waals surface area (Å²) in [5, 5.41) is 12.1. The Bertz CT molecular complexity index is 851. The second-order valence-corrected chi connectivity index (χ2v) is 8.64. The summed E-state index contributed by atoms with van der Waals surface area (Å²) < 4.78 is 7.47. The number of hydrogen-bond acceptors (Lipinski definition) is 7. The number of imidazole rings is 1. The van der Waals surface area contributed by atoms with Crippen LogP contribution in [-0.2, 0) is 24.8 Å². The van der Waals surface area contributed by atoms with Gasteiger partial charge in [0.05, 0.1) is 18.9 Å². The molecule has 2 unspecified atom stereocenters. The standard InChI is InChI=1S/C22H35N7O2/c1-6-24-22(31-5)15(2)19(29-12-16(13-29)7-9-23)11-25-21(30)20-26-17-14-27(3)10-8-18(17)28(20)4/h15-16,19H,6-8,10-14H2,1-5H3,(H,25,30). The Morgan fingerprint density at radius 3 is 2.81 bits per heavy atom. The van der Waals surface area contributed by atoms with E-state index >= 15 is 0 Å². The van der Waals surface area contributed by atoms with Gasteiger partial charge in [-0.2, -0.15) is 5.26 Å². The van der Waals surface area contributed by atoms with Crippen LogP contribution in [0.25, 0.3) is 0 Å². The summed E-state index contributed by atoms with van der Waals surface area (Å²) in [5.41, 5.74) is 2.14. The predicted octanol–water partition coefficient (Wildman–Crippen LogP) is 1.05. The minimum atomic E-state index is -0.155. The molecule has 3 rings (SSSR count). The van der Waals surface area contributed by atoms with Gasteiger partial charge >= 0.3 is 0 Å². The van der Waals surface area contributed by atoms with Crippen LogP contribution in [0.3, 0.4) is 0 Å². The fraction of sp³-hybridized carbons (Fsp3) is 0.727. The van der Waals surface area contributed by atoms with E-state index in [1.54, 1.807) is 7.11 Å². The molecule has 2 aliphatic rings. The number of methoxy groups -OCH3 is 1. The lowest BCUT2D eigenvalue weighted by molar-refractivity contribution is 0.0378. The SMILES string of the molecule is CCN=C(OC)C(C)C(CNC(=O)c1nc2c(n1C)CCN(C)C2)N1CC(CC#N)C1. The van der Waals surface area contributed by atoms with Gasteiger partial charge in [0.1, 0.15) is 0 Å². The van der Waals surface area contributed by atoms with Crippen LogP contribution >= 0.6 is 0 Å². The number of rotatable bonds is 8. The van der Waals surface area contributed by atoms with Crippen LogP contribution in [0.15, 0.2) is 4.99 Å². The van der Waals surface area contributed by atoms with Crippen molar-refractivity contribution in [3.63, 3.8) is 0 Å². The van der Waals surface area contributed by atoms with Crippen LogP contribution in [0.2, 0.25) is 0 Å². The molecule has 9 heteroatoms. The van der Waals surface area contributed by atoms with Crippen molar-refractivity contribution >= 4 is 11.8 Å². The molecule has 3 heterocycles. The van der Waals surface area contributed by atoms with Crippen LogP contribution in [-0.4, -0.2) is 84.1 Å². The number of nitrogens with zero attached hydrogens (tertiary/aromatic N) is 6. The van der Waals surface area contributed by atoms with Gasteiger partial charge < -0.3 is 19.5 Å². The summed E-state index contributed by atoms with van der Waals surface area (Å²) in [6.45, 7) is 8.64. The number of likely N-dealkylation sites (tertiary alicyclic amines) is 1. The van der Waals surface area contributed by atoms with E-state index in [2.05, 4.69) is 45.1 Å². The smallest absolute Gasteiger partial charge is 0.287 e. The van der Waals surface area contributed by atoms with Crippen molar-refractivity contribution in [1.29, 1.82) is 5.26 Å². The largest absolute Gasteiger partial charge is 0.484 e. The number of nitrogens with one attached hydrogen (secondary N) is 1. The fourth-order valence-corrected chi connectivity index (χ4v) is 4.61. The van der Waals surface area contributed by atoms with E-state index in [-0.39, 0.29) is 17.9 Å². The monoisotopic (exact) mass is 429 g/mol. The number of likely N-dealkylation sites (N-methyl/N-ethyl adjacent to an activating group) is 1. The third kappa shape index (κ3) is 5.08. The molecule has 170 valence electrons. The maximum absolute atomic E-state index is 13.0. The number of fused-ring (bicyclic) bond motifs is 1. The van der Waals surface area contributed by atoms with Gasteiger partial charge in [-0.15, -0.1) is 0 Å². The van der Waals surface area contributed by atoms with E-state index in [9.17, 15) is 4.79 Å². The molecule has 1 fully saturated rings. The zero-order valence-corrected chi connectivity index (χ0v) is 19.4. The second kappa shape index (κ2) is 10.2. The predicted molar refractivity (Wildman–Crippen MR) is 119 cm³/mol. The van der Waals surface area contributed by atoms with Crippen LogP contribution in [0.4, 0.5) is 0 Å². The van der Waals surface area contributed by atoms with Gasteiger partial charge in [0.15, 0.2) is 11.7 Å². The number of hydrogen-bond donors (Lipinski definition) is 1. The highest BCUT2D eigenvalue weighted by Gasteiger charge is 2.37. The van der Waals surface area contributed by atoms with Gasteiger partial charge in [-0.3, -0.25) is 14.7 Å². The average Bonchev–Trinajstić information content (AvgIpc) is 3.05. The lowest BCUT2D eigenvalue weighted by atomic mass is 9.90. The van der Waals surface area contributed by atoms with Gasteiger partial charge in [-0.25, -0.2) is 4.98 Å². The molecular weight excluding hydrogens is 394 g/mol. The van der Waals surface area contributed by atoms with Crippen molar-refractivity contribution in [3.05, 3.63) is 17.2 Å². The van der Waals surface area contributed by atoms with Crippen LogP contribution in [0.1, 0.15) is 42.3 Å². The molecule has 0 bridgehead atoms. The molecule has 1 aromatic heterocycles. The topological polar surface area (TPSA) is 98.8 Å². The number of carbonyl (C=O) groups is 1. The highest BCUT2D eigenvalue weighted by molar-refractivity contribution is 5.91. The van der Waals surface area contributed by atoms with Gasteiger partial charge in [-0.1, -0.05) is 6.92 Å². The molecule has 2 atom stereocenters. The number of aliphatic imine (C=N–C) groups is 1. The zero-order valence-electron chi connectivity index (χ0n) is 19.4. The van der Waals surface area contributed by atoms with E-state index in [1.165, 1.54) is 0 Å². The van der Waals surface area contributed by atoms with Crippen molar-refractivity contribution in [2.75, 3.05) is 46.9 Å². The Hall–Kier alpha value is -2.44. The maximum atomic E-state index is 13.0. The van der Waals surface area contributed by atoms with Gasteiger partial charge in [0.25, 0.3) is 5.91 Å². The summed E-state index contributed by atoms with van der Waals surface area (Å²) >= 11 is 0. The number of aromatic nitrogens is 2. The molecule has 0 spiro atoms. The van der Waals surface area contributed by atoms with Crippen LogP contribution < -0.4 is 5.32 Å². The summed E-state index contributed by atoms with van der Waals surface area (Å²) in [5.74, 6) is 1.42. The van der Waals surface area contributed by atoms with Crippen molar-refractivity contribution < 1.29 is 9.53 Å². The third-order valence-electron chi connectivity index (χ3n) is 6.45. The maximum Gasteiger partial charge on any atom is 0.287 e. The summed E-state index contributed by atoms with van der Waals surface area (Å²) in [7, 11) is 5.64. The summed E-state index contributed by atoms with van der Waals surface area (Å²) in [4.78, 5) is 26.7.